The van der Waals surface area contributed by atoms with Crippen LogP contribution in [0.15, 0.2) is 12.2 Å². The minimum atomic E-state index is -0.861. The van der Waals surface area contributed by atoms with Crippen LogP contribution in [0.3, 0.4) is 0 Å². The van der Waals surface area contributed by atoms with Gasteiger partial charge < -0.3 is 10.2 Å². The molecule has 3 heteroatoms. The molecule has 0 aliphatic rings. The summed E-state index contributed by atoms with van der Waals surface area (Å²) in [5, 5.41) is 18.4. The molecule has 0 aromatic rings. The first-order chi connectivity index (χ1) is 11.2. The predicted molar refractivity (Wildman–Crippen MR) is 97.7 cm³/mol. The Morgan fingerprint density at radius 3 is 1.83 bits per heavy atom. The van der Waals surface area contributed by atoms with Gasteiger partial charge in [-0.3, -0.25) is 0 Å². The number of aliphatic hydroxyl groups is 1. The second-order valence-electron chi connectivity index (χ2n) is 6.65. The lowest BCUT2D eigenvalue weighted by molar-refractivity contribution is -0.131. The van der Waals surface area contributed by atoms with E-state index in [0.717, 1.165) is 38.5 Å². The molecule has 0 spiro atoms. The lowest BCUT2D eigenvalue weighted by atomic mass is 10.0. The number of carboxylic acids is 1. The van der Waals surface area contributed by atoms with Gasteiger partial charge in [0.05, 0.1) is 6.10 Å². The van der Waals surface area contributed by atoms with Crippen molar-refractivity contribution >= 4 is 5.97 Å². The zero-order chi connectivity index (χ0) is 17.2. The van der Waals surface area contributed by atoms with Crippen LogP contribution < -0.4 is 0 Å². The Morgan fingerprint density at radius 1 is 0.826 bits per heavy atom. The Kier molecular flexibility index (Phi) is 16.9. The van der Waals surface area contributed by atoms with Crippen molar-refractivity contribution in [2.45, 2.75) is 109 Å². The van der Waals surface area contributed by atoms with Gasteiger partial charge >= 0.3 is 5.97 Å². The Bertz CT molecular complexity index is 287. The third-order valence-corrected chi connectivity index (χ3v) is 4.31. The maximum absolute atomic E-state index is 10.3. The van der Waals surface area contributed by atoms with Crippen molar-refractivity contribution in [3.63, 3.8) is 0 Å². The fourth-order valence-electron chi connectivity index (χ4n) is 2.84. The molecule has 0 fully saturated rings. The monoisotopic (exact) mass is 326 g/mol. The Hall–Kier alpha value is -0.830. The standard InChI is InChI=1S/C20H38O3/c1-2-3-4-5-7-10-13-16-19(21)17-14-11-8-6-9-12-15-18-20(22)23/h15,18-19,21H,2-14,16-17H2,1H3,(H,22,23)/b18-15-. The number of aliphatic carboxylic acids is 1. The normalized spacial score (nSPS) is 12.8. The van der Waals surface area contributed by atoms with Gasteiger partial charge in [-0.2, -0.15) is 0 Å². The van der Waals surface area contributed by atoms with E-state index in [1.165, 1.54) is 63.9 Å². The lowest BCUT2D eigenvalue weighted by Crippen LogP contribution is -2.05. The van der Waals surface area contributed by atoms with Gasteiger partial charge in [-0.05, 0) is 25.7 Å². The quantitative estimate of drug-likeness (QED) is 0.260. The van der Waals surface area contributed by atoms with E-state index in [9.17, 15) is 9.90 Å². The largest absolute Gasteiger partial charge is 0.478 e. The van der Waals surface area contributed by atoms with Gasteiger partial charge in [0.1, 0.15) is 0 Å². The minimum Gasteiger partial charge on any atom is -0.478 e. The molecule has 0 aromatic carbocycles. The average Bonchev–Trinajstić information content (AvgIpc) is 2.52. The number of unbranched alkanes of at least 4 members (excludes halogenated alkanes) is 11. The van der Waals surface area contributed by atoms with Crippen molar-refractivity contribution in [2.24, 2.45) is 0 Å². The van der Waals surface area contributed by atoms with Crippen molar-refractivity contribution in [3.8, 4) is 0 Å². The number of allylic oxidation sites excluding steroid dienone is 1. The van der Waals surface area contributed by atoms with E-state index in [-0.39, 0.29) is 6.10 Å². The van der Waals surface area contributed by atoms with E-state index >= 15 is 0 Å². The van der Waals surface area contributed by atoms with Crippen LogP contribution in [-0.4, -0.2) is 22.3 Å². The van der Waals surface area contributed by atoms with Crippen LogP contribution in [0.2, 0.25) is 0 Å². The highest BCUT2D eigenvalue weighted by atomic mass is 16.4. The number of hydrogen-bond donors (Lipinski definition) is 2. The molecule has 23 heavy (non-hydrogen) atoms. The zero-order valence-electron chi connectivity index (χ0n) is 15.1. The van der Waals surface area contributed by atoms with Crippen LogP contribution in [0.4, 0.5) is 0 Å². The van der Waals surface area contributed by atoms with Crippen molar-refractivity contribution in [1.29, 1.82) is 0 Å². The summed E-state index contributed by atoms with van der Waals surface area (Å²) in [7, 11) is 0. The molecule has 0 aromatic heterocycles. The number of carboxylic acid groups (broad SMARTS) is 1. The Labute approximate surface area is 143 Å². The molecule has 0 aliphatic carbocycles. The van der Waals surface area contributed by atoms with Crippen LogP contribution in [0.5, 0.6) is 0 Å². The molecule has 1 unspecified atom stereocenters. The van der Waals surface area contributed by atoms with Crippen molar-refractivity contribution in [3.05, 3.63) is 12.2 Å². The average molecular weight is 327 g/mol. The number of rotatable bonds is 17. The molecule has 0 amide bonds. The molecule has 136 valence electrons. The van der Waals surface area contributed by atoms with Gasteiger partial charge in [0, 0.05) is 6.08 Å². The van der Waals surface area contributed by atoms with Crippen LogP contribution in [0.25, 0.3) is 0 Å². The number of carbonyl (C=O) groups is 1. The van der Waals surface area contributed by atoms with Gasteiger partial charge in [0.2, 0.25) is 0 Å². The molecule has 3 nitrogen and oxygen atoms in total. The first kappa shape index (κ1) is 22.2. The summed E-state index contributed by atoms with van der Waals surface area (Å²) in [6.45, 7) is 2.24. The molecule has 0 saturated carbocycles. The summed E-state index contributed by atoms with van der Waals surface area (Å²) in [6, 6.07) is 0. The number of hydrogen-bond acceptors (Lipinski definition) is 2. The van der Waals surface area contributed by atoms with E-state index in [1.54, 1.807) is 6.08 Å². The molecule has 0 aliphatic heterocycles. The van der Waals surface area contributed by atoms with Gasteiger partial charge in [0.25, 0.3) is 0 Å². The molecule has 0 heterocycles. The fourth-order valence-corrected chi connectivity index (χ4v) is 2.84. The van der Waals surface area contributed by atoms with Gasteiger partial charge in [-0.1, -0.05) is 83.6 Å². The molecule has 1 atom stereocenters. The molecule has 0 saturated heterocycles. The topological polar surface area (TPSA) is 57.5 Å². The maximum atomic E-state index is 10.3. The molecular formula is C20H38O3. The second-order valence-corrected chi connectivity index (χ2v) is 6.65. The van der Waals surface area contributed by atoms with E-state index in [4.69, 9.17) is 5.11 Å². The fraction of sp³-hybridized carbons (Fsp3) is 0.850. The van der Waals surface area contributed by atoms with E-state index in [0.29, 0.717) is 0 Å². The Morgan fingerprint density at radius 2 is 1.30 bits per heavy atom. The maximum Gasteiger partial charge on any atom is 0.327 e. The third kappa shape index (κ3) is 19.1. The smallest absolute Gasteiger partial charge is 0.327 e. The van der Waals surface area contributed by atoms with E-state index in [1.807, 2.05) is 0 Å². The molecule has 0 rings (SSSR count). The zero-order valence-corrected chi connectivity index (χ0v) is 15.1. The number of aliphatic hydroxyl groups excluding tert-OH is 1. The van der Waals surface area contributed by atoms with Gasteiger partial charge in [-0.25, -0.2) is 4.79 Å². The van der Waals surface area contributed by atoms with E-state index in [2.05, 4.69) is 6.92 Å². The van der Waals surface area contributed by atoms with Crippen molar-refractivity contribution in [2.75, 3.05) is 0 Å². The summed E-state index contributed by atoms with van der Waals surface area (Å²) in [4.78, 5) is 10.3. The predicted octanol–water partition coefficient (Wildman–Crippen LogP) is 5.86. The lowest BCUT2D eigenvalue weighted by Gasteiger charge is -2.10. The van der Waals surface area contributed by atoms with Crippen LogP contribution in [-0.2, 0) is 4.79 Å². The highest BCUT2D eigenvalue weighted by molar-refractivity contribution is 5.79. The summed E-state index contributed by atoms with van der Waals surface area (Å²) in [5.74, 6) is -0.861. The second kappa shape index (κ2) is 17.5. The molecule has 0 radical (unpaired) electrons. The minimum absolute atomic E-state index is 0.107. The summed E-state index contributed by atoms with van der Waals surface area (Å²) >= 11 is 0. The molecule has 0 bridgehead atoms. The molecule has 2 N–H and O–H groups in total. The van der Waals surface area contributed by atoms with Crippen molar-refractivity contribution in [1.82, 2.24) is 0 Å². The van der Waals surface area contributed by atoms with Crippen LogP contribution in [0.1, 0.15) is 103 Å². The van der Waals surface area contributed by atoms with Gasteiger partial charge in [0.15, 0.2) is 0 Å². The Balaban J connectivity index is 3.21. The van der Waals surface area contributed by atoms with E-state index < -0.39 is 5.97 Å². The van der Waals surface area contributed by atoms with Crippen LogP contribution in [0, 0.1) is 0 Å². The SMILES string of the molecule is CCCCCCCCCC(O)CCCCCCC/C=C\C(=O)O. The van der Waals surface area contributed by atoms with Crippen molar-refractivity contribution < 1.29 is 15.0 Å². The summed E-state index contributed by atoms with van der Waals surface area (Å²) in [6.07, 6.45) is 20.4. The first-order valence-corrected chi connectivity index (χ1v) is 9.74. The first-order valence-electron chi connectivity index (χ1n) is 9.74. The third-order valence-electron chi connectivity index (χ3n) is 4.31. The highest BCUT2D eigenvalue weighted by Gasteiger charge is 2.03. The van der Waals surface area contributed by atoms with Crippen LogP contribution >= 0.6 is 0 Å². The molecular weight excluding hydrogens is 288 g/mol. The summed E-state index contributed by atoms with van der Waals surface area (Å²) in [5.41, 5.74) is 0. The summed E-state index contributed by atoms with van der Waals surface area (Å²) < 4.78 is 0. The highest BCUT2D eigenvalue weighted by Crippen LogP contribution is 2.14. The van der Waals surface area contributed by atoms with Gasteiger partial charge in [-0.15, -0.1) is 0 Å².